The second-order valence-corrected chi connectivity index (χ2v) is 6.10. The van der Waals surface area contributed by atoms with E-state index in [1.54, 1.807) is 0 Å². The molecule has 0 bridgehead atoms. The maximum atomic E-state index is 5.81. The van der Waals surface area contributed by atoms with Crippen LogP contribution in [0.1, 0.15) is 59.8 Å². The molecule has 3 nitrogen and oxygen atoms in total. The van der Waals surface area contributed by atoms with Crippen molar-refractivity contribution in [1.82, 2.24) is 10.3 Å². The molecule has 2 atom stereocenters. The van der Waals surface area contributed by atoms with Crippen molar-refractivity contribution in [3.05, 3.63) is 0 Å². The molecule has 1 heterocycles. The first-order chi connectivity index (χ1) is 8.04. The van der Waals surface area contributed by atoms with Crippen molar-refractivity contribution in [2.75, 3.05) is 13.1 Å². The van der Waals surface area contributed by atoms with Gasteiger partial charge in [0.15, 0.2) is 0 Å². The van der Waals surface area contributed by atoms with Crippen LogP contribution in [0.2, 0.25) is 0 Å². The van der Waals surface area contributed by atoms with Crippen molar-refractivity contribution in [3.63, 3.8) is 0 Å². The summed E-state index contributed by atoms with van der Waals surface area (Å²) in [6.45, 7) is 11.7. The predicted molar refractivity (Wildman–Crippen MR) is 74.7 cm³/mol. The van der Waals surface area contributed by atoms with Crippen LogP contribution in [0.5, 0.6) is 0 Å². The maximum absolute atomic E-state index is 5.81. The summed E-state index contributed by atoms with van der Waals surface area (Å²) in [6, 6.07) is 0.410. The standard InChI is InChI=1S/C14H31N3/c1-5-14(4,17-10-6-7-11-17)13(16-15)9-8-12(2)3/h12-13,16H,5-11,15H2,1-4H3. The third-order valence-electron chi connectivity index (χ3n) is 4.53. The average Bonchev–Trinajstić information content (AvgIpc) is 2.82. The lowest BCUT2D eigenvalue weighted by Gasteiger charge is -2.44. The first-order valence-corrected chi connectivity index (χ1v) is 7.25. The van der Waals surface area contributed by atoms with E-state index in [1.807, 2.05) is 0 Å². The number of likely N-dealkylation sites (tertiary alicyclic amines) is 1. The molecular formula is C14H31N3. The van der Waals surface area contributed by atoms with Crippen molar-refractivity contribution < 1.29 is 0 Å². The molecule has 0 aromatic carbocycles. The monoisotopic (exact) mass is 241 g/mol. The SMILES string of the molecule is CCC(C)(C(CCC(C)C)NN)N1CCCC1. The number of rotatable bonds is 7. The molecule has 1 rings (SSSR count). The molecule has 17 heavy (non-hydrogen) atoms. The lowest BCUT2D eigenvalue weighted by atomic mass is 9.84. The van der Waals surface area contributed by atoms with Gasteiger partial charge in [-0.05, 0) is 58.0 Å². The van der Waals surface area contributed by atoms with E-state index >= 15 is 0 Å². The fourth-order valence-electron chi connectivity index (χ4n) is 2.99. The molecule has 0 aromatic rings. The van der Waals surface area contributed by atoms with Gasteiger partial charge in [-0.2, -0.15) is 0 Å². The minimum absolute atomic E-state index is 0.222. The third-order valence-corrected chi connectivity index (χ3v) is 4.53. The Morgan fingerprint density at radius 3 is 2.24 bits per heavy atom. The van der Waals surface area contributed by atoms with E-state index in [9.17, 15) is 0 Å². The molecule has 1 aliphatic rings. The number of nitrogens with two attached hydrogens (primary N) is 1. The fraction of sp³-hybridized carbons (Fsp3) is 1.00. The van der Waals surface area contributed by atoms with E-state index in [0.29, 0.717) is 6.04 Å². The quantitative estimate of drug-likeness (QED) is 0.531. The first kappa shape index (κ1) is 14.9. The second-order valence-electron chi connectivity index (χ2n) is 6.10. The molecule has 1 aliphatic heterocycles. The average molecular weight is 241 g/mol. The van der Waals surface area contributed by atoms with E-state index in [4.69, 9.17) is 5.84 Å². The van der Waals surface area contributed by atoms with Gasteiger partial charge in [-0.1, -0.05) is 20.8 Å². The summed E-state index contributed by atoms with van der Waals surface area (Å²) in [5.74, 6) is 6.57. The molecule has 0 amide bonds. The number of hydrogen-bond donors (Lipinski definition) is 2. The van der Waals surface area contributed by atoms with E-state index in [0.717, 1.165) is 5.92 Å². The number of hydrazine groups is 1. The third kappa shape index (κ3) is 3.67. The Labute approximate surface area is 107 Å². The molecule has 1 saturated heterocycles. The van der Waals surface area contributed by atoms with Crippen LogP contribution < -0.4 is 11.3 Å². The van der Waals surface area contributed by atoms with Gasteiger partial charge in [0.2, 0.25) is 0 Å². The lowest BCUT2D eigenvalue weighted by molar-refractivity contribution is 0.0779. The van der Waals surface area contributed by atoms with Gasteiger partial charge in [-0.15, -0.1) is 0 Å². The summed E-state index contributed by atoms with van der Waals surface area (Å²) in [6.07, 6.45) is 6.28. The van der Waals surface area contributed by atoms with Crippen LogP contribution >= 0.6 is 0 Å². The van der Waals surface area contributed by atoms with Gasteiger partial charge in [-0.3, -0.25) is 16.2 Å². The van der Waals surface area contributed by atoms with E-state index in [-0.39, 0.29) is 5.54 Å². The molecule has 0 spiro atoms. The van der Waals surface area contributed by atoms with Crippen LogP contribution in [0, 0.1) is 5.92 Å². The molecule has 0 aliphatic carbocycles. The Bertz CT molecular complexity index is 212. The molecule has 3 N–H and O–H groups in total. The van der Waals surface area contributed by atoms with Crippen molar-refractivity contribution >= 4 is 0 Å². The Kier molecular flexibility index (Phi) is 5.90. The number of nitrogens with zero attached hydrogens (tertiary/aromatic N) is 1. The van der Waals surface area contributed by atoms with Crippen LogP contribution in [0.4, 0.5) is 0 Å². The highest BCUT2D eigenvalue weighted by atomic mass is 15.3. The highest BCUT2D eigenvalue weighted by molar-refractivity contribution is 4.97. The van der Waals surface area contributed by atoms with Crippen LogP contribution in [-0.2, 0) is 0 Å². The van der Waals surface area contributed by atoms with Crippen LogP contribution in [0.3, 0.4) is 0 Å². The largest absolute Gasteiger partial charge is 0.296 e. The van der Waals surface area contributed by atoms with Crippen molar-refractivity contribution in [2.45, 2.75) is 71.4 Å². The van der Waals surface area contributed by atoms with Gasteiger partial charge in [0, 0.05) is 11.6 Å². The summed E-state index contributed by atoms with van der Waals surface area (Å²) in [4.78, 5) is 2.64. The summed E-state index contributed by atoms with van der Waals surface area (Å²) < 4.78 is 0. The Morgan fingerprint density at radius 2 is 1.82 bits per heavy atom. The highest BCUT2D eigenvalue weighted by Gasteiger charge is 2.38. The van der Waals surface area contributed by atoms with Gasteiger partial charge in [-0.25, -0.2) is 0 Å². The van der Waals surface area contributed by atoms with Crippen LogP contribution in [0.25, 0.3) is 0 Å². The zero-order chi connectivity index (χ0) is 12.9. The van der Waals surface area contributed by atoms with E-state index in [2.05, 4.69) is 38.0 Å². The summed E-state index contributed by atoms with van der Waals surface area (Å²) >= 11 is 0. The molecule has 0 saturated carbocycles. The zero-order valence-corrected chi connectivity index (χ0v) is 12.1. The zero-order valence-electron chi connectivity index (χ0n) is 12.1. The summed E-state index contributed by atoms with van der Waals surface area (Å²) in [5, 5.41) is 0. The summed E-state index contributed by atoms with van der Waals surface area (Å²) in [5.41, 5.74) is 3.31. The number of nitrogens with one attached hydrogen (secondary N) is 1. The molecule has 3 heteroatoms. The molecule has 0 aromatic heterocycles. The minimum Gasteiger partial charge on any atom is -0.296 e. The Balaban J connectivity index is 2.66. The van der Waals surface area contributed by atoms with Crippen molar-refractivity contribution in [1.29, 1.82) is 0 Å². The van der Waals surface area contributed by atoms with Gasteiger partial charge >= 0.3 is 0 Å². The molecule has 102 valence electrons. The van der Waals surface area contributed by atoms with Crippen molar-refractivity contribution in [2.24, 2.45) is 11.8 Å². The molecule has 1 fully saturated rings. The topological polar surface area (TPSA) is 41.3 Å². The van der Waals surface area contributed by atoms with Crippen LogP contribution in [-0.4, -0.2) is 29.6 Å². The normalized spacial score (nSPS) is 22.9. The lowest BCUT2D eigenvalue weighted by Crippen LogP contribution is -2.60. The molecule has 2 unspecified atom stereocenters. The van der Waals surface area contributed by atoms with Crippen LogP contribution in [0.15, 0.2) is 0 Å². The summed E-state index contributed by atoms with van der Waals surface area (Å²) in [7, 11) is 0. The van der Waals surface area contributed by atoms with Gasteiger partial charge < -0.3 is 0 Å². The van der Waals surface area contributed by atoms with E-state index < -0.39 is 0 Å². The van der Waals surface area contributed by atoms with Gasteiger partial charge in [0.05, 0.1) is 0 Å². The highest BCUT2D eigenvalue weighted by Crippen LogP contribution is 2.30. The Morgan fingerprint density at radius 1 is 1.24 bits per heavy atom. The van der Waals surface area contributed by atoms with Gasteiger partial charge in [0.25, 0.3) is 0 Å². The van der Waals surface area contributed by atoms with Gasteiger partial charge in [0.1, 0.15) is 0 Å². The Hall–Kier alpha value is -0.120. The minimum atomic E-state index is 0.222. The smallest absolute Gasteiger partial charge is 0.0392 e. The predicted octanol–water partition coefficient (Wildman–Crippen LogP) is 2.52. The maximum Gasteiger partial charge on any atom is 0.0392 e. The second kappa shape index (κ2) is 6.72. The van der Waals surface area contributed by atoms with E-state index in [1.165, 1.54) is 45.2 Å². The first-order valence-electron chi connectivity index (χ1n) is 7.25. The van der Waals surface area contributed by atoms with Crippen molar-refractivity contribution in [3.8, 4) is 0 Å². The molecular weight excluding hydrogens is 210 g/mol. The molecule has 0 radical (unpaired) electrons. The fourth-order valence-corrected chi connectivity index (χ4v) is 2.99. The number of hydrogen-bond acceptors (Lipinski definition) is 3.